The highest BCUT2D eigenvalue weighted by atomic mass is 19.1. The SMILES string of the molecule is CC(C)c1ccc(CN2CCN(C(=O)c3cc(F)ccc3F)CC2)cc1. The molecule has 0 N–H and O–H groups in total. The Morgan fingerprint density at radius 3 is 2.27 bits per heavy atom. The third-order valence-corrected chi connectivity index (χ3v) is 4.87. The van der Waals surface area contributed by atoms with Crippen molar-refractivity contribution in [2.75, 3.05) is 26.2 Å². The third-order valence-electron chi connectivity index (χ3n) is 4.87. The zero-order valence-corrected chi connectivity index (χ0v) is 15.2. The molecule has 2 aromatic carbocycles. The van der Waals surface area contributed by atoms with Gasteiger partial charge in [0.25, 0.3) is 5.91 Å². The Morgan fingerprint density at radius 1 is 1.00 bits per heavy atom. The summed E-state index contributed by atoms with van der Waals surface area (Å²) in [7, 11) is 0. The lowest BCUT2D eigenvalue weighted by Gasteiger charge is -2.34. The van der Waals surface area contributed by atoms with E-state index in [1.54, 1.807) is 4.90 Å². The van der Waals surface area contributed by atoms with Crippen molar-refractivity contribution < 1.29 is 13.6 Å². The zero-order valence-electron chi connectivity index (χ0n) is 15.2. The van der Waals surface area contributed by atoms with Gasteiger partial charge in [-0.1, -0.05) is 38.1 Å². The number of amides is 1. The summed E-state index contributed by atoms with van der Waals surface area (Å²) in [5.41, 5.74) is 2.37. The average Bonchev–Trinajstić information content (AvgIpc) is 2.64. The Balaban J connectivity index is 1.57. The molecule has 0 aliphatic carbocycles. The molecule has 1 aliphatic heterocycles. The molecule has 0 atom stereocenters. The Hall–Kier alpha value is -2.27. The first-order chi connectivity index (χ1) is 12.4. The number of halogens is 2. The van der Waals surface area contributed by atoms with E-state index in [4.69, 9.17) is 0 Å². The normalized spacial score (nSPS) is 15.5. The van der Waals surface area contributed by atoms with E-state index >= 15 is 0 Å². The van der Waals surface area contributed by atoms with Crippen LogP contribution in [0.3, 0.4) is 0 Å². The average molecular weight is 358 g/mol. The van der Waals surface area contributed by atoms with Gasteiger partial charge < -0.3 is 4.90 Å². The van der Waals surface area contributed by atoms with Gasteiger partial charge in [0, 0.05) is 32.7 Å². The van der Waals surface area contributed by atoms with Crippen LogP contribution in [0.5, 0.6) is 0 Å². The van der Waals surface area contributed by atoms with Gasteiger partial charge >= 0.3 is 0 Å². The summed E-state index contributed by atoms with van der Waals surface area (Å²) in [5.74, 6) is -1.20. The predicted molar refractivity (Wildman–Crippen MR) is 98.1 cm³/mol. The molecule has 3 nitrogen and oxygen atoms in total. The second-order valence-electron chi connectivity index (χ2n) is 7.09. The number of benzene rings is 2. The predicted octanol–water partition coefficient (Wildman–Crippen LogP) is 4.05. The molecule has 0 spiro atoms. The minimum atomic E-state index is -0.677. The summed E-state index contributed by atoms with van der Waals surface area (Å²) in [6, 6.07) is 11.6. The maximum absolute atomic E-state index is 13.8. The van der Waals surface area contributed by atoms with E-state index in [-0.39, 0.29) is 5.56 Å². The lowest BCUT2D eigenvalue weighted by molar-refractivity contribution is 0.0623. The van der Waals surface area contributed by atoms with Crippen molar-refractivity contribution in [2.24, 2.45) is 0 Å². The van der Waals surface area contributed by atoms with Crippen LogP contribution in [0.1, 0.15) is 41.3 Å². The van der Waals surface area contributed by atoms with Gasteiger partial charge in [-0.15, -0.1) is 0 Å². The molecule has 1 aliphatic rings. The molecule has 2 aromatic rings. The molecule has 26 heavy (non-hydrogen) atoms. The van der Waals surface area contributed by atoms with Gasteiger partial charge in [0.15, 0.2) is 0 Å². The summed E-state index contributed by atoms with van der Waals surface area (Å²) < 4.78 is 27.1. The van der Waals surface area contributed by atoms with E-state index in [1.165, 1.54) is 11.1 Å². The van der Waals surface area contributed by atoms with Crippen LogP contribution in [0.4, 0.5) is 8.78 Å². The minimum Gasteiger partial charge on any atom is -0.336 e. The molecule has 1 saturated heterocycles. The molecule has 0 radical (unpaired) electrons. The zero-order chi connectivity index (χ0) is 18.7. The van der Waals surface area contributed by atoms with Crippen LogP contribution in [-0.4, -0.2) is 41.9 Å². The monoisotopic (exact) mass is 358 g/mol. The number of carbonyl (C=O) groups is 1. The number of nitrogens with zero attached hydrogens (tertiary/aromatic N) is 2. The van der Waals surface area contributed by atoms with Crippen molar-refractivity contribution in [3.63, 3.8) is 0 Å². The fraction of sp³-hybridized carbons (Fsp3) is 0.381. The molecule has 5 heteroatoms. The topological polar surface area (TPSA) is 23.6 Å². The maximum Gasteiger partial charge on any atom is 0.257 e. The Bertz CT molecular complexity index is 766. The first-order valence-electron chi connectivity index (χ1n) is 8.99. The van der Waals surface area contributed by atoms with Crippen LogP contribution < -0.4 is 0 Å². The van der Waals surface area contributed by atoms with Crippen molar-refractivity contribution in [1.29, 1.82) is 0 Å². The Labute approximate surface area is 153 Å². The van der Waals surface area contributed by atoms with Gasteiger partial charge in [-0.3, -0.25) is 9.69 Å². The van der Waals surface area contributed by atoms with Crippen LogP contribution in [0.15, 0.2) is 42.5 Å². The molecule has 1 fully saturated rings. The first kappa shape index (κ1) is 18.5. The van der Waals surface area contributed by atoms with Crippen molar-refractivity contribution in [3.8, 4) is 0 Å². The van der Waals surface area contributed by atoms with Crippen molar-refractivity contribution in [2.45, 2.75) is 26.3 Å². The molecular weight excluding hydrogens is 334 g/mol. The highest BCUT2D eigenvalue weighted by molar-refractivity contribution is 5.94. The number of hydrogen-bond donors (Lipinski definition) is 0. The summed E-state index contributed by atoms with van der Waals surface area (Å²) >= 11 is 0. The maximum atomic E-state index is 13.8. The highest BCUT2D eigenvalue weighted by Crippen LogP contribution is 2.17. The Morgan fingerprint density at radius 2 is 1.65 bits per heavy atom. The third kappa shape index (κ3) is 4.28. The van der Waals surface area contributed by atoms with E-state index < -0.39 is 17.5 Å². The van der Waals surface area contributed by atoms with Gasteiger partial charge in [-0.05, 0) is 35.2 Å². The molecule has 0 unspecified atom stereocenters. The smallest absolute Gasteiger partial charge is 0.257 e. The molecule has 0 aromatic heterocycles. The second kappa shape index (κ2) is 7.96. The molecule has 138 valence electrons. The van der Waals surface area contributed by atoms with Crippen LogP contribution in [0.2, 0.25) is 0 Å². The molecule has 0 saturated carbocycles. The van der Waals surface area contributed by atoms with Gasteiger partial charge in [0.1, 0.15) is 11.6 Å². The number of rotatable bonds is 4. The van der Waals surface area contributed by atoms with E-state index in [9.17, 15) is 13.6 Å². The van der Waals surface area contributed by atoms with Gasteiger partial charge in [-0.2, -0.15) is 0 Å². The van der Waals surface area contributed by atoms with Crippen molar-refractivity contribution >= 4 is 5.91 Å². The molecule has 3 rings (SSSR count). The number of piperazine rings is 1. The summed E-state index contributed by atoms with van der Waals surface area (Å²) in [6.07, 6.45) is 0. The molecule has 1 heterocycles. The fourth-order valence-electron chi connectivity index (χ4n) is 3.21. The second-order valence-corrected chi connectivity index (χ2v) is 7.09. The van der Waals surface area contributed by atoms with E-state index in [1.807, 2.05) is 0 Å². The van der Waals surface area contributed by atoms with E-state index in [0.29, 0.717) is 32.1 Å². The standard InChI is InChI=1S/C21H24F2N2O/c1-15(2)17-5-3-16(4-6-17)14-24-9-11-25(12-10-24)21(26)19-13-18(22)7-8-20(19)23/h3-8,13,15H,9-12,14H2,1-2H3. The van der Waals surface area contributed by atoms with Gasteiger partial charge in [0.05, 0.1) is 5.56 Å². The van der Waals surface area contributed by atoms with Crippen LogP contribution in [0.25, 0.3) is 0 Å². The fourth-order valence-corrected chi connectivity index (χ4v) is 3.21. The molecule has 0 bridgehead atoms. The quantitative estimate of drug-likeness (QED) is 0.823. The molecule has 1 amide bonds. The summed E-state index contributed by atoms with van der Waals surface area (Å²) in [6.45, 7) is 7.63. The van der Waals surface area contributed by atoms with Crippen molar-refractivity contribution in [1.82, 2.24) is 9.80 Å². The van der Waals surface area contributed by atoms with E-state index in [0.717, 1.165) is 24.7 Å². The minimum absolute atomic E-state index is 0.192. The van der Waals surface area contributed by atoms with Crippen LogP contribution >= 0.6 is 0 Å². The first-order valence-corrected chi connectivity index (χ1v) is 8.99. The van der Waals surface area contributed by atoms with E-state index in [2.05, 4.69) is 43.0 Å². The molecular formula is C21H24F2N2O. The number of carbonyl (C=O) groups excluding carboxylic acids is 1. The highest BCUT2D eigenvalue weighted by Gasteiger charge is 2.24. The van der Waals surface area contributed by atoms with Crippen LogP contribution in [0, 0.1) is 11.6 Å². The van der Waals surface area contributed by atoms with Gasteiger partial charge in [-0.25, -0.2) is 8.78 Å². The lowest BCUT2D eigenvalue weighted by Crippen LogP contribution is -2.48. The largest absolute Gasteiger partial charge is 0.336 e. The Kier molecular flexibility index (Phi) is 5.67. The summed E-state index contributed by atoms with van der Waals surface area (Å²) in [4.78, 5) is 16.3. The van der Waals surface area contributed by atoms with Gasteiger partial charge in [0.2, 0.25) is 0 Å². The van der Waals surface area contributed by atoms with Crippen LogP contribution in [-0.2, 0) is 6.54 Å². The summed E-state index contributed by atoms with van der Waals surface area (Å²) in [5, 5.41) is 0. The number of hydrogen-bond acceptors (Lipinski definition) is 2. The van der Waals surface area contributed by atoms with Crippen molar-refractivity contribution in [3.05, 3.63) is 70.8 Å². The lowest BCUT2D eigenvalue weighted by atomic mass is 10.0.